The molecule has 0 saturated heterocycles. The van der Waals surface area contributed by atoms with E-state index in [4.69, 9.17) is 33.2 Å². The Bertz CT molecular complexity index is 11.6. The molecular weight excluding hydrogens is 141 g/mol. The molecule has 0 aliphatic rings. The van der Waals surface area contributed by atoms with Gasteiger partial charge >= 0.3 is 18.9 Å². The van der Waals surface area contributed by atoms with E-state index in [1.54, 1.807) is 0 Å². The van der Waals surface area contributed by atoms with Crippen molar-refractivity contribution in [1.29, 1.82) is 0 Å². The van der Waals surface area contributed by atoms with Crippen molar-refractivity contribution in [3.05, 3.63) is 0 Å². The van der Waals surface area contributed by atoms with Crippen molar-refractivity contribution in [2.75, 3.05) is 0 Å². The van der Waals surface area contributed by atoms with E-state index in [0.717, 1.165) is 0 Å². The first-order valence-electron chi connectivity index (χ1n) is 0.567. The van der Waals surface area contributed by atoms with Gasteiger partial charge in [0, 0.05) is 6.73 Å². The Kier molecular flexibility index (Phi) is 11.2. The van der Waals surface area contributed by atoms with Crippen LogP contribution in [0.1, 0.15) is 0 Å². The van der Waals surface area contributed by atoms with Crippen LogP contribution in [0.3, 0.4) is 0 Å². The quantitative estimate of drug-likeness (QED) is 0.290. The summed E-state index contributed by atoms with van der Waals surface area (Å²) >= 11 is 14.7. The summed E-state index contributed by atoms with van der Waals surface area (Å²) in [7, 11) is 0. The molecule has 0 aromatic rings. The largest absolute Gasteiger partial charge is 1.00 e. The molecule has 5 heteroatoms. The van der Waals surface area contributed by atoms with Gasteiger partial charge < -0.3 is 33.2 Å². The van der Waals surface area contributed by atoms with Crippen LogP contribution in [-0.4, -0.2) is 6.73 Å². The molecule has 0 radical (unpaired) electrons. The second kappa shape index (κ2) is 5.68. The molecule has 5 heavy (non-hydrogen) atoms. The molecule has 0 aliphatic carbocycles. The molecule has 0 nitrogen and oxygen atoms in total. The molecule has 0 atom stereocenters. The molecule has 0 fully saturated rings. The van der Waals surface area contributed by atoms with Crippen molar-refractivity contribution < 1.29 is 18.9 Å². The van der Waals surface area contributed by atoms with Gasteiger partial charge in [0.05, 0.1) is 0 Å². The molecular formula is Cl3LiSi. The van der Waals surface area contributed by atoms with Crippen molar-refractivity contribution in [2.24, 2.45) is 0 Å². The first-order chi connectivity index (χ1) is 1.73. The summed E-state index contributed by atoms with van der Waals surface area (Å²) in [5, 5.41) is 0. The smallest absolute Gasteiger partial charge is 0.348 e. The van der Waals surface area contributed by atoms with E-state index in [-0.39, 0.29) is 18.9 Å². The van der Waals surface area contributed by atoms with Crippen molar-refractivity contribution in [3.63, 3.8) is 0 Å². The molecule has 0 bridgehead atoms. The minimum Gasteiger partial charge on any atom is -0.348 e. The summed E-state index contributed by atoms with van der Waals surface area (Å²) in [6, 6.07) is 0. The monoisotopic (exact) mass is 140 g/mol. The molecule has 0 aromatic heterocycles. The molecule has 0 saturated carbocycles. The molecule has 0 aromatic carbocycles. The Morgan fingerprint density at radius 1 is 1.00 bits per heavy atom. The topological polar surface area (TPSA) is 0 Å². The molecule has 0 aliphatic heterocycles. The van der Waals surface area contributed by atoms with Crippen LogP contribution >= 0.6 is 33.2 Å². The van der Waals surface area contributed by atoms with E-state index in [2.05, 4.69) is 0 Å². The molecule has 0 amide bonds. The summed E-state index contributed by atoms with van der Waals surface area (Å²) in [6.45, 7) is -1.46. The van der Waals surface area contributed by atoms with E-state index in [0.29, 0.717) is 0 Å². The van der Waals surface area contributed by atoms with E-state index in [1.807, 2.05) is 0 Å². The Morgan fingerprint density at radius 2 is 1.00 bits per heavy atom. The van der Waals surface area contributed by atoms with Gasteiger partial charge in [-0.05, 0) is 0 Å². The van der Waals surface area contributed by atoms with Crippen LogP contribution in [0.25, 0.3) is 0 Å². The third-order valence-corrected chi connectivity index (χ3v) is 0. The third kappa shape index (κ3) is 27.2. The van der Waals surface area contributed by atoms with Gasteiger partial charge in [-0.1, -0.05) is 0 Å². The maximum absolute atomic E-state index is 4.91. The summed E-state index contributed by atoms with van der Waals surface area (Å²) in [4.78, 5) is 0. The minimum atomic E-state index is -1.46. The van der Waals surface area contributed by atoms with Gasteiger partial charge in [-0.2, -0.15) is 0 Å². The van der Waals surface area contributed by atoms with Crippen LogP contribution in [0.15, 0.2) is 0 Å². The predicted octanol–water partition coefficient (Wildman–Crippen LogP) is -1.31. The average molecular weight is 141 g/mol. The van der Waals surface area contributed by atoms with Crippen molar-refractivity contribution in [2.45, 2.75) is 0 Å². The Labute approximate surface area is 58.7 Å². The number of hydrogen-bond donors (Lipinski definition) is 0. The maximum Gasteiger partial charge on any atom is 1.00 e. The molecule has 26 valence electrons. The van der Waals surface area contributed by atoms with Crippen LogP contribution in [0.4, 0.5) is 0 Å². The van der Waals surface area contributed by atoms with E-state index >= 15 is 0 Å². The molecule has 0 N–H and O–H groups in total. The summed E-state index contributed by atoms with van der Waals surface area (Å²) < 4.78 is 0. The molecule has 0 heterocycles. The summed E-state index contributed by atoms with van der Waals surface area (Å²) in [5.41, 5.74) is 0. The van der Waals surface area contributed by atoms with Crippen molar-refractivity contribution in [3.8, 4) is 0 Å². The van der Waals surface area contributed by atoms with Crippen LogP contribution in [0.2, 0.25) is 0 Å². The average Bonchev–Trinajstić information content (AvgIpc) is 0.811. The summed E-state index contributed by atoms with van der Waals surface area (Å²) in [6.07, 6.45) is 0. The first-order valence-corrected chi connectivity index (χ1v) is 5.10. The molecule has 0 rings (SSSR count). The predicted molar refractivity (Wildman–Crippen MR) is 23.3 cm³/mol. The zero-order chi connectivity index (χ0) is 3.58. The van der Waals surface area contributed by atoms with Crippen LogP contribution in [0, 0.1) is 0 Å². The van der Waals surface area contributed by atoms with Gasteiger partial charge in [0.15, 0.2) is 0 Å². The van der Waals surface area contributed by atoms with Crippen LogP contribution in [0.5, 0.6) is 0 Å². The molecule has 0 unspecified atom stereocenters. The van der Waals surface area contributed by atoms with E-state index in [9.17, 15) is 0 Å². The van der Waals surface area contributed by atoms with Gasteiger partial charge in [-0.3, -0.25) is 0 Å². The molecule has 0 spiro atoms. The van der Waals surface area contributed by atoms with Crippen molar-refractivity contribution in [1.82, 2.24) is 0 Å². The van der Waals surface area contributed by atoms with Crippen LogP contribution in [-0.2, 0) is 0 Å². The fourth-order valence-electron chi connectivity index (χ4n) is 0. The maximum atomic E-state index is 4.91. The Morgan fingerprint density at radius 3 is 1.00 bits per heavy atom. The van der Waals surface area contributed by atoms with Gasteiger partial charge in [-0.25, -0.2) is 0 Å². The SMILES string of the molecule is Cl[Si-](Cl)Cl.[Li+]. The minimum absolute atomic E-state index is 0. The van der Waals surface area contributed by atoms with Gasteiger partial charge in [0.2, 0.25) is 0 Å². The number of halogens is 3. The number of hydrogen-bond acceptors (Lipinski definition) is 0. The van der Waals surface area contributed by atoms with Gasteiger partial charge in [-0.15, -0.1) is 0 Å². The fourth-order valence-corrected chi connectivity index (χ4v) is 0. The zero-order valence-corrected chi connectivity index (χ0v) is 5.90. The Hall–Kier alpha value is 1.68. The standard InChI is InChI=1S/Cl3Si.Li/c1-4(2)3;/q-1;+1. The first kappa shape index (κ1) is 9.84. The zero-order valence-electron chi connectivity index (χ0n) is 2.63. The third-order valence-electron chi connectivity index (χ3n) is 0. The van der Waals surface area contributed by atoms with Crippen molar-refractivity contribution >= 4 is 40.0 Å². The second-order valence-corrected chi connectivity index (χ2v) is 5.79. The normalized spacial score (nSPS) is 7.20. The summed E-state index contributed by atoms with van der Waals surface area (Å²) in [5.74, 6) is 0. The van der Waals surface area contributed by atoms with E-state index < -0.39 is 6.73 Å². The fraction of sp³-hybridized carbons (Fsp3) is 0. The van der Waals surface area contributed by atoms with Gasteiger partial charge in [0.1, 0.15) is 0 Å². The van der Waals surface area contributed by atoms with Gasteiger partial charge in [0.25, 0.3) is 0 Å². The number of rotatable bonds is 0. The van der Waals surface area contributed by atoms with E-state index in [1.165, 1.54) is 0 Å². The second-order valence-electron chi connectivity index (χ2n) is 0.214. The van der Waals surface area contributed by atoms with Crippen LogP contribution < -0.4 is 18.9 Å². The Balaban J connectivity index is 0.